The summed E-state index contributed by atoms with van der Waals surface area (Å²) in [5.41, 5.74) is 1.52. The van der Waals surface area contributed by atoms with E-state index in [4.69, 9.17) is 4.99 Å². The lowest BCUT2D eigenvalue weighted by atomic mass is 10.0. The highest BCUT2D eigenvalue weighted by atomic mass is 32.2. The number of hydrogen-bond acceptors (Lipinski definition) is 3. The summed E-state index contributed by atoms with van der Waals surface area (Å²) >= 11 is 3.76. The van der Waals surface area contributed by atoms with Gasteiger partial charge in [0.05, 0.1) is 5.54 Å². The minimum absolute atomic E-state index is 0.143. The Balaban J connectivity index is 1.94. The zero-order valence-corrected chi connectivity index (χ0v) is 11.4. The fourth-order valence-corrected chi connectivity index (χ4v) is 4.16. The quantitative estimate of drug-likeness (QED) is 0.781. The van der Waals surface area contributed by atoms with Gasteiger partial charge in [-0.25, -0.2) is 0 Å². The van der Waals surface area contributed by atoms with Crippen molar-refractivity contribution in [2.24, 2.45) is 4.99 Å². The molecule has 1 aromatic carbocycles. The molecule has 86 valence electrons. The zero-order valence-electron chi connectivity index (χ0n) is 9.77. The first kappa shape index (κ1) is 12.1. The predicted octanol–water partition coefficient (Wildman–Crippen LogP) is 4.19. The summed E-state index contributed by atoms with van der Waals surface area (Å²) in [6.45, 7) is 4.44. The van der Waals surface area contributed by atoms with Crippen LogP contribution in [-0.2, 0) is 5.75 Å². The SMILES string of the molecule is CC1(C)CCSC(SCc2ccccc2)=N1. The van der Waals surface area contributed by atoms with Gasteiger partial charge in [-0.2, -0.15) is 0 Å². The van der Waals surface area contributed by atoms with Gasteiger partial charge in [0.15, 0.2) is 0 Å². The summed E-state index contributed by atoms with van der Waals surface area (Å²) < 4.78 is 1.25. The van der Waals surface area contributed by atoms with E-state index < -0.39 is 0 Å². The average Bonchev–Trinajstić information content (AvgIpc) is 2.27. The first-order valence-electron chi connectivity index (χ1n) is 5.55. The lowest BCUT2D eigenvalue weighted by Crippen LogP contribution is -2.22. The predicted molar refractivity (Wildman–Crippen MR) is 76.3 cm³/mol. The average molecular weight is 251 g/mol. The first-order valence-corrected chi connectivity index (χ1v) is 7.52. The first-order chi connectivity index (χ1) is 7.66. The van der Waals surface area contributed by atoms with Crippen molar-refractivity contribution in [3.05, 3.63) is 35.9 Å². The molecule has 0 fully saturated rings. The smallest absolute Gasteiger partial charge is 0.125 e. The summed E-state index contributed by atoms with van der Waals surface area (Å²) in [5.74, 6) is 2.23. The van der Waals surface area contributed by atoms with Crippen molar-refractivity contribution >= 4 is 27.9 Å². The molecule has 0 aliphatic carbocycles. The largest absolute Gasteiger partial charge is 0.266 e. The van der Waals surface area contributed by atoms with Crippen molar-refractivity contribution in [2.75, 3.05) is 5.75 Å². The molecule has 2 rings (SSSR count). The van der Waals surface area contributed by atoms with Crippen LogP contribution in [0, 0.1) is 0 Å². The summed E-state index contributed by atoms with van der Waals surface area (Å²) in [7, 11) is 0. The molecule has 1 nitrogen and oxygen atoms in total. The lowest BCUT2D eigenvalue weighted by molar-refractivity contribution is 0.509. The molecule has 1 aliphatic rings. The van der Waals surface area contributed by atoms with Gasteiger partial charge in [-0.05, 0) is 25.8 Å². The van der Waals surface area contributed by atoms with Crippen LogP contribution in [0.15, 0.2) is 35.3 Å². The zero-order chi connectivity index (χ0) is 11.4. The molecule has 0 N–H and O–H groups in total. The Morgan fingerprint density at radius 2 is 2.06 bits per heavy atom. The Morgan fingerprint density at radius 3 is 2.75 bits per heavy atom. The normalized spacial score (nSPS) is 19.2. The molecular formula is C13H17NS2. The molecule has 0 saturated heterocycles. The molecule has 0 aromatic heterocycles. The number of nitrogens with zero attached hydrogens (tertiary/aromatic N) is 1. The van der Waals surface area contributed by atoms with Crippen LogP contribution in [0.25, 0.3) is 0 Å². The minimum Gasteiger partial charge on any atom is -0.266 e. The highest BCUT2D eigenvalue weighted by Gasteiger charge is 2.22. The fraction of sp³-hybridized carbons (Fsp3) is 0.462. The molecule has 1 aliphatic heterocycles. The monoisotopic (exact) mass is 251 g/mol. The maximum Gasteiger partial charge on any atom is 0.125 e. The maximum absolute atomic E-state index is 4.77. The van der Waals surface area contributed by atoms with Crippen molar-refractivity contribution in [1.82, 2.24) is 0 Å². The van der Waals surface area contributed by atoms with E-state index in [1.807, 2.05) is 23.5 Å². The van der Waals surface area contributed by atoms with E-state index in [9.17, 15) is 0 Å². The standard InChI is InChI=1S/C13H17NS2/c1-13(2)8-9-15-12(14-13)16-10-11-6-4-3-5-7-11/h3-7H,8-10H2,1-2H3. The van der Waals surface area contributed by atoms with Gasteiger partial charge in [-0.15, -0.1) is 0 Å². The summed E-state index contributed by atoms with van der Waals surface area (Å²) in [6.07, 6.45) is 1.19. The molecule has 3 heteroatoms. The Bertz CT molecular complexity index is 371. The van der Waals surface area contributed by atoms with Gasteiger partial charge in [0, 0.05) is 11.5 Å². The summed E-state index contributed by atoms with van der Waals surface area (Å²) in [4.78, 5) is 4.77. The van der Waals surface area contributed by atoms with E-state index in [-0.39, 0.29) is 5.54 Å². The molecule has 0 radical (unpaired) electrons. The van der Waals surface area contributed by atoms with E-state index in [2.05, 4.69) is 44.2 Å². The molecule has 16 heavy (non-hydrogen) atoms. The molecule has 0 saturated carbocycles. The maximum atomic E-state index is 4.77. The highest BCUT2D eigenvalue weighted by molar-refractivity contribution is 8.38. The Hall–Kier alpha value is -0.410. The third-order valence-corrected chi connectivity index (χ3v) is 4.81. The Labute approximate surface area is 106 Å². The number of hydrogen-bond donors (Lipinski definition) is 0. The number of benzene rings is 1. The van der Waals surface area contributed by atoms with Gasteiger partial charge in [0.1, 0.15) is 4.38 Å². The molecule has 0 amide bonds. The van der Waals surface area contributed by atoms with E-state index in [1.54, 1.807) is 0 Å². The lowest BCUT2D eigenvalue weighted by Gasteiger charge is -2.25. The Morgan fingerprint density at radius 1 is 1.31 bits per heavy atom. The van der Waals surface area contributed by atoms with Crippen molar-refractivity contribution in [1.29, 1.82) is 0 Å². The van der Waals surface area contributed by atoms with Crippen LogP contribution in [0.2, 0.25) is 0 Å². The van der Waals surface area contributed by atoms with Crippen molar-refractivity contribution in [3.63, 3.8) is 0 Å². The number of rotatable bonds is 2. The third-order valence-electron chi connectivity index (χ3n) is 2.54. The van der Waals surface area contributed by atoms with E-state index in [0.29, 0.717) is 0 Å². The van der Waals surface area contributed by atoms with Crippen molar-refractivity contribution < 1.29 is 0 Å². The van der Waals surface area contributed by atoms with Crippen molar-refractivity contribution in [2.45, 2.75) is 31.6 Å². The topological polar surface area (TPSA) is 12.4 Å². The van der Waals surface area contributed by atoms with Gasteiger partial charge >= 0.3 is 0 Å². The van der Waals surface area contributed by atoms with Crippen LogP contribution < -0.4 is 0 Å². The molecule has 0 atom stereocenters. The Kier molecular flexibility index (Phi) is 3.98. The summed E-state index contributed by atoms with van der Waals surface area (Å²) in [6, 6.07) is 10.6. The van der Waals surface area contributed by atoms with Gasteiger partial charge in [-0.1, -0.05) is 53.9 Å². The highest BCUT2D eigenvalue weighted by Crippen LogP contribution is 2.32. The molecule has 0 unspecified atom stereocenters. The van der Waals surface area contributed by atoms with E-state index in [0.717, 1.165) is 5.75 Å². The molecule has 1 heterocycles. The second-order valence-electron chi connectivity index (χ2n) is 4.56. The van der Waals surface area contributed by atoms with Gasteiger partial charge in [0.25, 0.3) is 0 Å². The fourth-order valence-electron chi connectivity index (χ4n) is 1.52. The van der Waals surface area contributed by atoms with Crippen LogP contribution in [-0.4, -0.2) is 15.7 Å². The second-order valence-corrected chi connectivity index (χ2v) is 6.87. The van der Waals surface area contributed by atoms with Gasteiger partial charge < -0.3 is 0 Å². The van der Waals surface area contributed by atoms with Crippen molar-refractivity contribution in [3.8, 4) is 0 Å². The molecular weight excluding hydrogens is 234 g/mol. The molecule has 0 bridgehead atoms. The van der Waals surface area contributed by atoms with Gasteiger partial charge in [-0.3, -0.25) is 4.99 Å². The van der Waals surface area contributed by atoms with Crippen LogP contribution in [0.4, 0.5) is 0 Å². The van der Waals surface area contributed by atoms with E-state index >= 15 is 0 Å². The van der Waals surface area contributed by atoms with Crippen LogP contribution in [0.3, 0.4) is 0 Å². The third kappa shape index (κ3) is 3.56. The number of thioether (sulfide) groups is 2. The molecule has 1 aromatic rings. The van der Waals surface area contributed by atoms with Crippen LogP contribution >= 0.6 is 23.5 Å². The summed E-state index contributed by atoms with van der Waals surface area (Å²) in [5, 5.41) is 0. The van der Waals surface area contributed by atoms with E-state index in [1.165, 1.54) is 22.1 Å². The minimum atomic E-state index is 0.143. The molecule has 0 spiro atoms. The van der Waals surface area contributed by atoms with Crippen LogP contribution in [0.5, 0.6) is 0 Å². The van der Waals surface area contributed by atoms with Gasteiger partial charge in [0.2, 0.25) is 0 Å². The second kappa shape index (κ2) is 5.28. The number of aliphatic imine (C=N–C) groups is 1. The van der Waals surface area contributed by atoms with Crippen LogP contribution in [0.1, 0.15) is 25.8 Å².